The zero-order chi connectivity index (χ0) is 13.6. The van der Waals surface area contributed by atoms with Crippen LogP contribution in [0.15, 0.2) is 79.4 Å². The Labute approximate surface area is 118 Å². The topological polar surface area (TPSA) is 30.7 Å². The van der Waals surface area contributed by atoms with Crippen LogP contribution in [0.5, 0.6) is 0 Å². The third kappa shape index (κ3) is 2.83. The maximum Gasteiger partial charge on any atom is 0.137 e. The molecule has 3 aromatic rings. The maximum absolute atomic E-state index is 4.26. The summed E-state index contributed by atoms with van der Waals surface area (Å²) in [6, 6.07) is 20.6. The molecule has 0 aliphatic heterocycles. The number of hydrogen-bond acceptors (Lipinski definition) is 2. The predicted octanol–water partition coefficient (Wildman–Crippen LogP) is 3.58. The Balaban J connectivity index is 1.93. The van der Waals surface area contributed by atoms with Crippen molar-refractivity contribution in [1.82, 2.24) is 14.8 Å². The first-order valence-electron chi connectivity index (χ1n) is 6.56. The molecule has 3 heteroatoms. The molecule has 1 atom stereocenters. The van der Waals surface area contributed by atoms with Crippen molar-refractivity contribution in [2.45, 2.75) is 6.04 Å². The third-order valence-corrected chi connectivity index (χ3v) is 3.13. The van der Waals surface area contributed by atoms with Gasteiger partial charge in [0.2, 0.25) is 0 Å². The highest BCUT2D eigenvalue weighted by Gasteiger charge is 2.09. The van der Waals surface area contributed by atoms with Gasteiger partial charge in [0.05, 0.1) is 6.04 Å². The zero-order valence-corrected chi connectivity index (χ0v) is 11.0. The molecule has 0 aliphatic rings. The molecule has 3 rings (SSSR count). The Morgan fingerprint density at radius 2 is 1.60 bits per heavy atom. The minimum absolute atomic E-state index is 0.0545. The molecule has 0 amide bonds. The van der Waals surface area contributed by atoms with E-state index in [0.717, 1.165) is 0 Å². The van der Waals surface area contributed by atoms with E-state index in [1.165, 1.54) is 11.1 Å². The monoisotopic (exact) mass is 261 g/mol. The van der Waals surface area contributed by atoms with Gasteiger partial charge in [-0.25, -0.2) is 9.67 Å². The Morgan fingerprint density at radius 3 is 2.25 bits per heavy atom. The van der Waals surface area contributed by atoms with Gasteiger partial charge in [-0.05, 0) is 11.1 Å². The van der Waals surface area contributed by atoms with Gasteiger partial charge < -0.3 is 0 Å². The Morgan fingerprint density at radius 1 is 0.900 bits per heavy atom. The van der Waals surface area contributed by atoms with Crippen molar-refractivity contribution in [1.29, 1.82) is 0 Å². The fraction of sp³-hybridized carbons (Fsp3) is 0.0588. The number of nitrogens with zero attached hydrogens (tertiary/aromatic N) is 3. The molecule has 0 radical (unpaired) electrons. The SMILES string of the molecule is C(=C\C(c1ccccc1)n1cncn1)/c1ccccc1. The summed E-state index contributed by atoms with van der Waals surface area (Å²) >= 11 is 0. The highest BCUT2D eigenvalue weighted by Crippen LogP contribution is 2.19. The van der Waals surface area contributed by atoms with E-state index in [1.807, 2.05) is 41.1 Å². The van der Waals surface area contributed by atoms with Crippen LogP contribution in [0.3, 0.4) is 0 Å². The van der Waals surface area contributed by atoms with Crippen LogP contribution in [0.4, 0.5) is 0 Å². The summed E-state index contributed by atoms with van der Waals surface area (Å²) in [6.45, 7) is 0. The van der Waals surface area contributed by atoms with Gasteiger partial charge in [0, 0.05) is 0 Å². The molecule has 0 saturated heterocycles. The molecule has 1 aromatic heterocycles. The summed E-state index contributed by atoms with van der Waals surface area (Å²) in [5.74, 6) is 0. The van der Waals surface area contributed by atoms with Crippen molar-refractivity contribution in [2.24, 2.45) is 0 Å². The molecule has 0 N–H and O–H groups in total. The minimum Gasteiger partial charge on any atom is -0.242 e. The molecule has 0 bridgehead atoms. The molecule has 20 heavy (non-hydrogen) atoms. The molecule has 3 nitrogen and oxygen atoms in total. The summed E-state index contributed by atoms with van der Waals surface area (Å²) < 4.78 is 1.86. The summed E-state index contributed by atoms with van der Waals surface area (Å²) in [4.78, 5) is 4.04. The summed E-state index contributed by atoms with van der Waals surface area (Å²) in [5.41, 5.74) is 2.36. The van der Waals surface area contributed by atoms with Crippen LogP contribution in [-0.4, -0.2) is 14.8 Å². The van der Waals surface area contributed by atoms with E-state index in [9.17, 15) is 0 Å². The van der Waals surface area contributed by atoms with E-state index in [1.54, 1.807) is 12.7 Å². The van der Waals surface area contributed by atoms with Gasteiger partial charge in [0.1, 0.15) is 12.7 Å². The fourth-order valence-corrected chi connectivity index (χ4v) is 2.13. The fourth-order valence-electron chi connectivity index (χ4n) is 2.13. The average Bonchev–Trinajstić information content (AvgIpc) is 3.04. The van der Waals surface area contributed by atoms with Gasteiger partial charge in [0.15, 0.2) is 0 Å². The van der Waals surface area contributed by atoms with Crippen LogP contribution in [0.2, 0.25) is 0 Å². The Kier molecular flexibility index (Phi) is 3.69. The Hall–Kier alpha value is -2.68. The number of rotatable bonds is 4. The lowest BCUT2D eigenvalue weighted by Gasteiger charge is -2.13. The van der Waals surface area contributed by atoms with Crippen molar-refractivity contribution in [2.75, 3.05) is 0 Å². The maximum atomic E-state index is 4.26. The van der Waals surface area contributed by atoms with Gasteiger partial charge in [-0.15, -0.1) is 0 Å². The summed E-state index contributed by atoms with van der Waals surface area (Å²) in [5, 5.41) is 4.26. The van der Waals surface area contributed by atoms with E-state index in [-0.39, 0.29) is 6.04 Å². The van der Waals surface area contributed by atoms with E-state index in [0.29, 0.717) is 0 Å². The normalized spacial score (nSPS) is 12.6. The second-order valence-corrected chi connectivity index (χ2v) is 4.50. The van der Waals surface area contributed by atoms with Crippen LogP contribution in [0.25, 0.3) is 6.08 Å². The second kappa shape index (κ2) is 5.97. The van der Waals surface area contributed by atoms with Gasteiger partial charge in [0.25, 0.3) is 0 Å². The van der Waals surface area contributed by atoms with Crippen LogP contribution >= 0.6 is 0 Å². The first-order chi connectivity index (χ1) is 9.93. The first kappa shape index (κ1) is 12.4. The molecular weight excluding hydrogens is 246 g/mol. The lowest BCUT2D eigenvalue weighted by atomic mass is 10.1. The van der Waals surface area contributed by atoms with Crippen molar-refractivity contribution < 1.29 is 0 Å². The minimum atomic E-state index is 0.0545. The molecule has 0 spiro atoms. The first-order valence-corrected chi connectivity index (χ1v) is 6.56. The standard InChI is InChI=1S/C17H15N3/c1-3-7-15(8-4-1)11-12-17(20-14-18-13-19-20)16-9-5-2-6-10-16/h1-14,17H/b12-11+. The van der Waals surface area contributed by atoms with Gasteiger partial charge in [-0.2, -0.15) is 5.10 Å². The predicted molar refractivity (Wildman–Crippen MR) is 80.1 cm³/mol. The smallest absolute Gasteiger partial charge is 0.137 e. The van der Waals surface area contributed by atoms with Gasteiger partial charge in [-0.1, -0.05) is 72.8 Å². The van der Waals surface area contributed by atoms with Crippen LogP contribution in [-0.2, 0) is 0 Å². The van der Waals surface area contributed by atoms with Crippen molar-refractivity contribution in [3.8, 4) is 0 Å². The van der Waals surface area contributed by atoms with Crippen LogP contribution in [0.1, 0.15) is 17.2 Å². The largest absolute Gasteiger partial charge is 0.242 e. The molecule has 0 saturated carbocycles. The molecule has 1 unspecified atom stereocenters. The highest BCUT2D eigenvalue weighted by molar-refractivity contribution is 5.50. The highest BCUT2D eigenvalue weighted by atomic mass is 15.3. The van der Waals surface area contributed by atoms with Gasteiger partial charge >= 0.3 is 0 Å². The van der Waals surface area contributed by atoms with E-state index < -0.39 is 0 Å². The van der Waals surface area contributed by atoms with Gasteiger partial charge in [-0.3, -0.25) is 0 Å². The van der Waals surface area contributed by atoms with E-state index >= 15 is 0 Å². The summed E-state index contributed by atoms with van der Waals surface area (Å²) in [6.07, 6.45) is 7.55. The van der Waals surface area contributed by atoms with Crippen molar-refractivity contribution >= 4 is 6.08 Å². The van der Waals surface area contributed by atoms with E-state index in [2.05, 4.69) is 46.5 Å². The lowest BCUT2D eigenvalue weighted by Crippen LogP contribution is -2.08. The quantitative estimate of drug-likeness (QED) is 0.718. The molecular formula is C17H15N3. The molecule has 2 aromatic carbocycles. The lowest BCUT2D eigenvalue weighted by molar-refractivity contribution is 0.611. The zero-order valence-electron chi connectivity index (χ0n) is 11.0. The average molecular weight is 261 g/mol. The number of allylic oxidation sites excluding steroid dienone is 1. The van der Waals surface area contributed by atoms with Crippen LogP contribution < -0.4 is 0 Å². The number of aromatic nitrogens is 3. The molecule has 0 fully saturated rings. The molecule has 1 heterocycles. The third-order valence-electron chi connectivity index (χ3n) is 3.13. The van der Waals surface area contributed by atoms with E-state index in [4.69, 9.17) is 0 Å². The van der Waals surface area contributed by atoms with Crippen molar-refractivity contribution in [3.05, 3.63) is 90.5 Å². The molecule has 0 aliphatic carbocycles. The number of hydrogen-bond donors (Lipinski definition) is 0. The van der Waals surface area contributed by atoms with Crippen LogP contribution in [0, 0.1) is 0 Å². The summed E-state index contributed by atoms with van der Waals surface area (Å²) in [7, 11) is 0. The second-order valence-electron chi connectivity index (χ2n) is 4.50. The van der Waals surface area contributed by atoms with Crippen molar-refractivity contribution in [3.63, 3.8) is 0 Å². The Bertz CT molecular complexity index is 658. The number of benzene rings is 2. The molecule has 98 valence electrons.